The fraction of sp³-hybridized carbons (Fsp3) is 0.571. The molecule has 4 heteroatoms. The summed E-state index contributed by atoms with van der Waals surface area (Å²) in [6.45, 7) is 3.01. The van der Waals surface area contributed by atoms with Crippen molar-refractivity contribution >= 4 is 5.91 Å². The van der Waals surface area contributed by atoms with Gasteiger partial charge in [-0.25, -0.2) is 0 Å². The molecule has 0 unspecified atom stereocenters. The number of hydrogen-bond acceptors (Lipinski definition) is 3. The minimum Gasteiger partial charge on any atom is -0.342 e. The van der Waals surface area contributed by atoms with Gasteiger partial charge in [0.05, 0.1) is 6.54 Å². The van der Waals surface area contributed by atoms with Crippen molar-refractivity contribution in [3.63, 3.8) is 0 Å². The SMILES string of the molecule is O=C(CNCc1ccncc1)N1CCCCCC1. The molecule has 0 bridgehead atoms. The number of aromatic nitrogens is 1. The fourth-order valence-electron chi connectivity index (χ4n) is 2.25. The van der Waals surface area contributed by atoms with E-state index in [0.29, 0.717) is 6.54 Å². The normalized spacial score (nSPS) is 16.3. The molecule has 98 valence electrons. The van der Waals surface area contributed by atoms with Crippen LogP contribution in [0.2, 0.25) is 0 Å². The summed E-state index contributed by atoms with van der Waals surface area (Å²) in [5.41, 5.74) is 1.16. The number of carbonyl (C=O) groups is 1. The highest BCUT2D eigenvalue weighted by atomic mass is 16.2. The molecule has 0 atom stereocenters. The van der Waals surface area contributed by atoms with Gasteiger partial charge in [0.1, 0.15) is 0 Å². The van der Waals surface area contributed by atoms with Crippen LogP contribution in [0.1, 0.15) is 31.2 Å². The first kappa shape index (κ1) is 13.0. The summed E-state index contributed by atoms with van der Waals surface area (Å²) < 4.78 is 0. The van der Waals surface area contributed by atoms with Crippen molar-refractivity contribution in [2.45, 2.75) is 32.2 Å². The Morgan fingerprint density at radius 2 is 1.83 bits per heavy atom. The molecular formula is C14H21N3O. The molecule has 1 aliphatic rings. The molecule has 2 heterocycles. The molecule has 0 saturated carbocycles. The molecule has 0 aromatic carbocycles. The van der Waals surface area contributed by atoms with Gasteiger partial charge in [-0.2, -0.15) is 0 Å². The van der Waals surface area contributed by atoms with Crippen molar-refractivity contribution in [1.82, 2.24) is 15.2 Å². The number of likely N-dealkylation sites (tertiary alicyclic amines) is 1. The van der Waals surface area contributed by atoms with Gasteiger partial charge in [0.25, 0.3) is 0 Å². The summed E-state index contributed by atoms with van der Waals surface area (Å²) in [6.07, 6.45) is 8.36. The largest absolute Gasteiger partial charge is 0.342 e. The van der Waals surface area contributed by atoms with Gasteiger partial charge in [0, 0.05) is 32.0 Å². The summed E-state index contributed by atoms with van der Waals surface area (Å²) in [7, 11) is 0. The lowest BCUT2D eigenvalue weighted by atomic mass is 10.2. The minimum atomic E-state index is 0.228. The van der Waals surface area contributed by atoms with E-state index < -0.39 is 0 Å². The van der Waals surface area contributed by atoms with Crippen molar-refractivity contribution in [1.29, 1.82) is 0 Å². The number of hydrogen-bond donors (Lipinski definition) is 1. The van der Waals surface area contributed by atoms with E-state index in [1.54, 1.807) is 12.4 Å². The van der Waals surface area contributed by atoms with Gasteiger partial charge in [-0.1, -0.05) is 12.8 Å². The standard InChI is InChI=1S/C14H21N3O/c18-14(17-9-3-1-2-4-10-17)12-16-11-13-5-7-15-8-6-13/h5-8,16H,1-4,9-12H2. The molecule has 2 rings (SSSR count). The van der Waals surface area contributed by atoms with Gasteiger partial charge in [0.2, 0.25) is 5.91 Å². The van der Waals surface area contributed by atoms with Crippen LogP contribution in [0.3, 0.4) is 0 Å². The van der Waals surface area contributed by atoms with Crippen molar-refractivity contribution in [3.8, 4) is 0 Å². The monoisotopic (exact) mass is 247 g/mol. The Labute approximate surface area is 108 Å². The van der Waals surface area contributed by atoms with Crippen LogP contribution >= 0.6 is 0 Å². The second-order valence-electron chi connectivity index (χ2n) is 4.75. The van der Waals surface area contributed by atoms with Crippen molar-refractivity contribution in [2.24, 2.45) is 0 Å². The summed E-state index contributed by atoms with van der Waals surface area (Å²) in [5.74, 6) is 0.228. The predicted octanol–water partition coefficient (Wildman–Crippen LogP) is 1.57. The Morgan fingerprint density at radius 1 is 1.17 bits per heavy atom. The van der Waals surface area contributed by atoms with Crippen LogP contribution in [-0.2, 0) is 11.3 Å². The highest BCUT2D eigenvalue weighted by Crippen LogP contribution is 2.09. The van der Waals surface area contributed by atoms with Crippen LogP contribution < -0.4 is 5.32 Å². The Bertz CT molecular complexity index is 359. The molecule has 0 aliphatic carbocycles. The Morgan fingerprint density at radius 3 is 2.50 bits per heavy atom. The minimum absolute atomic E-state index is 0.228. The van der Waals surface area contributed by atoms with Crippen LogP contribution in [0.4, 0.5) is 0 Å². The zero-order valence-corrected chi connectivity index (χ0v) is 10.8. The van der Waals surface area contributed by atoms with Gasteiger partial charge in [-0.05, 0) is 30.5 Å². The lowest BCUT2D eigenvalue weighted by molar-refractivity contribution is -0.130. The third-order valence-electron chi connectivity index (χ3n) is 3.31. The number of pyridine rings is 1. The van der Waals surface area contributed by atoms with Gasteiger partial charge < -0.3 is 10.2 Å². The van der Waals surface area contributed by atoms with E-state index in [1.165, 1.54) is 12.8 Å². The highest BCUT2D eigenvalue weighted by Gasteiger charge is 2.14. The first-order valence-electron chi connectivity index (χ1n) is 6.73. The number of amides is 1. The number of rotatable bonds is 4. The lowest BCUT2D eigenvalue weighted by Gasteiger charge is -2.20. The fourth-order valence-corrected chi connectivity index (χ4v) is 2.25. The van der Waals surface area contributed by atoms with E-state index in [4.69, 9.17) is 0 Å². The maximum absolute atomic E-state index is 12.0. The highest BCUT2D eigenvalue weighted by molar-refractivity contribution is 5.78. The molecule has 1 N–H and O–H groups in total. The molecule has 0 radical (unpaired) electrons. The zero-order valence-electron chi connectivity index (χ0n) is 10.8. The molecule has 1 fully saturated rings. The molecule has 1 aromatic heterocycles. The predicted molar refractivity (Wildman–Crippen MR) is 71.0 cm³/mol. The van der Waals surface area contributed by atoms with E-state index in [-0.39, 0.29) is 5.91 Å². The van der Waals surface area contributed by atoms with Gasteiger partial charge >= 0.3 is 0 Å². The van der Waals surface area contributed by atoms with Crippen LogP contribution in [0.5, 0.6) is 0 Å². The molecule has 4 nitrogen and oxygen atoms in total. The number of nitrogens with one attached hydrogen (secondary N) is 1. The van der Waals surface area contributed by atoms with Crippen LogP contribution in [0.15, 0.2) is 24.5 Å². The molecule has 1 aliphatic heterocycles. The summed E-state index contributed by atoms with van der Waals surface area (Å²) in [6, 6.07) is 3.92. The maximum atomic E-state index is 12.0. The van der Waals surface area contributed by atoms with Gasteiger partial charge in [-0.3, -0.25) is 9.78 Å². The zero-order chi connectivity index (χ0) is 12.6. The van der Waals surface area contributed by atoms with Crippen LogP contribution in [0, 0.1) is 0 Å². The number of carbonyl (C=O) groups excluding carboxylic acids is 1. The molecule has 0 spiro atoms. The lowest BCUT2D eigenvalue weighted by Crippen LogP contribution is -2.38. The molecule has 1 amide bonds. The second-order valence-corrected chi connectivity index (χ2v) is 4.75. The van der Waals surface area contributed by atoms with Crippen molar-refractivity contribution in [2.75, 3.05) is 19.6 Å². The Kier molecular flexibility index (Phi) is 5.15. The van der Waals surface area contributed by atoms with E-state index in [2.05, 4.69) is 10.3 Å². The Balaban J connectivity index is 1.71. The molecular weight excluding hydrogens is 226 g/mol. The van der Waals surface area contributed by atoms with Gasteiger partial charge in [0.15, 0.2) is 0 Å². The average molecular weight is 247 g/mol. The third kappa shape index (κ3) is 4.11. The van der Waals surface area contributed by atoms with Crippen molar-refractivity contribution < 1.29 is 4.79 Å². The second kappa shape index (κ2) is 7.11. The molecule has 1 saturated heterocycles. The smallest absolute Gasteiger partial charge is 0.236 e. The summed E-state index contributed by atoms with van der Waals surface area (Å²) >= 11 is 0. The summed E-state index contributed by atoms with van der Waals surface area (Å²) in [5, 5.41) is 3.20. The Hall–Kier alpha value is -1.42. The third-order valence-corrected chi connectivity index (χ3v) is 3.31. The first-order valence-corrected chi connectivity index (χ1v) is 6.73. The molecule has 18 heavy (non-hydrogen) atoms. The van der Waals surface area contributed by atoms with E-state index in [9.17, 15) is 4.79 Å². The quantitative estimate of drug-likeness (QED) is 0.878. The topological polar surface area (TPSA) is 45.2 Å². The van der Waals surface area contributed by atoms with E-state index in [1.807, 2.05) is 17.0 Å². The van der Waals surface area contributed by atoms with Crippen molar-refractivity contribution in [3.05, 3.63) is 30.1 Å². The van der Waals surface area contributed by atoms with Crippen LogP contribution in [-0.4, -0.2) is 35.4 Å². The van der Waals surface area contributed by atoms with Gasteiger partial charge in [-0.15, -0.1) is 0 Å². The van der Waals surface area contributed by atoms with Crippen LogP contribution in [0.25, 0.3) is 0 Å². The van der Waals surface area contributed by atoms with E-state index in [0.717, 1.165) is 38.0 Å². The summed E-state index contributed by atoms with van der Waals surface area (Å²) in [4.78, 5) is 18.0. The van der Waals surface area contributed by atoms with E-state index >= 15 is 0 Å². The first-order chi connectivity index (χ1) is 8.86. The number of nitrogens with zero attached hydrogens (tertiary/aromatic N) is 2. The molecule has 1 aromatic rings. The average Bonchev–Trinajstić information content (AvgIpc) is 2.69. The maximum Gasteiger partial charge on any atom is 0.236 e.